The number of carbonyl (C=O) groups is 1. The fourth-order valence-electron chi connectivity index (χ4n) is 6.32. The predicted octanol–water partition coefficient (Wildman–Crippen LogP) is 4.69. The number of hydrogen-bond donors (Lipinski definition) is 2. The quantitative estimate of drug-likeness (QED) is 0.360. The molecule has 2 saturated heterocycles. The Morgan fingerprint density at radius 1 is 1.23 bits per heavy atom. The van der Waals surface area contributed by atoms with E-state index in [1.165, 1.54) is 0 Å². The molecule has 0 spiro atoms. The lowest BCUT2D eigenvalue weighted by atomic mass is 9.81. The third-order valence-electron chi connectivity index (χ3n) is 8.76. The summed E-state index contributed by atoms with van der Waals surface area (Å²) in [5.74, 6) is 1.60. The summed E-state index contributed by atoms with van der Waals surface area (Å²) in [7, 11) is 1.75. The average molecular weight is 560 g/mol. The van der Waals surface area contributed by atoms with E-state index in [2.05, 4.69) is 68.4 Å². The number of carbonyl (C=O) groups excluding carboxylic acids is 1. The van der Waals surface area contributed by atoms with Gasteiger partial charge in [0, 0.05) is 57.5 Å². The van der Waals surface area contributed by atoms with Crippen molar-refractivity contribution in [1.29, 1.82) is 0 Å². The van der Waals surface area contributed by atoms with Crippen LogP contribution in [0, 0.1) is 11.3 Å². The second kappa shape index (κ2) is 13.9. The van der Waals surface area contributed by atoms with E-state index >= 15 is 0 Å². The first-order chi connectivity index (χ1) is 19.1. The molecule has 226 valence electrons. The van der Waals surface area contributed by atoms with Gasteiger partial charge in [-0.1, -0.05) is 19.9 Å². The average Bonchev–Trinajstić information content (AvgIpc) is 2.92. The minimum atomic E-state index is -0.417. The minimum Gasteiger partial charge on any atom is -0.484 e. The molecule has 2 N–H and O–H groups in total. The molecule has 1 amide bonds. The van der Waals surface area contributed by atoms with Gasteiger partial charge in [-0.15, -0.1) is 0 Å². The van der Waals surface area contributed by atoms with Crippen LogP contribution in [0.3, 0.4) is 0 Å². The Morgan fingerprint density at radius 2 is 2.00 bits per heavy atom. The fraction of sp³-hybridized carbons (Fsp3) is 0.781. The molecule has 3 heterocycles. The van der Waals surface area contributed by atoms with Crippen molar-refractivity contribution >= 4 is 11.6 Å². The van der Waals surface area contributed by atoms with Crippen molar-refractivity contribution in [1.82, 2.24) is 10.6 Å². The van der Waals surface area contributed by atoms with Crippen molar-refractivity contribution in [3.63, 3.8) is 0 Å². The number of piperidine rings is 1. The molecule has 1 aromatic carbocycles. The molecule has 4 rings (SSSR count). The first-order valence-corrected chi connectivity index (χ1v) is 15.4. The second-order valence-corrected chi connectivity index (χ2v) is 13.3. The van der Waals surface area contributed by atoms with Gasteiger partial charge < -0.3 is 34.5 Å². The molecular formula is C32H53N3O5. The molecule has 0 saturated carbocycles. The smallest absolute Gasteiger partial charge is 0.225 e. The second-order valence-electron chi connectivity index (χ2n) is 13.3. The van der Waals surface area contributed by atoms with E-state index in [0.717, 1.165) is 95.0 Å². The summed E-state index contributed by atoms with van der Waals surface area (Å²) in [6, 6.07) is 6.94. The molecule has 0 aliphatic carbocycles. The van der Waals surface area contributed by atoms with Crippen LogP contribution in [0.25, 0.3) is 0 Å². The lowest BCUT2D eigenvalue weighted by Gasteiger charge is -2.41. The molecule has 40 heavy (non-hydrogen) atoms. The molecule has 3 aliphatic heterocycles. The Labute approximate surface area is 241 Å². The van der Waals surface area contributed by atoms with Crippen molar-refractivity contribution in [3.8, 4) is 5.75 Å². The van der Waals surface area contributed by atoms with Gasteiger partial charge in [0.25, 0.3) is 0 Å². The Hall–Kier alpha value is -1.87. The van der Waals surface area contributed by atoms with Crippen LogP contribution < -0.4 is 20.3 Å². The maximum atomic E-state index is 13.1. The number of ether oxygens (including phenoxy) is 4. The molecule has 0 radical (unpaired) electrons. The van der Waals surface area contributed by atoms with Crippen LogP contribution >= 0.6 is 0 Å². The van der Waals surface area contributed by atoms with E-state index in [1.54, 1.807) is 7.11 Å². The molecule has 1 unspecified atom stereocenters. The zero-order valence-electron chi connectivity index (χ0n) is 25.7. The molecule has 1 aromatic rings. The maximum absolute atomic E-state index is 13.1. The Bertz CT molecular complexity index is 954. The molecule has 8 nitrogen and oxygen atoms in total. The van der Waals surface area contributed by atoms with Crippen LogP contribution in [0.2, 0.25) is 0 Å². The zero-order valence-corrected chi connectivity index (χ0v) is 25.7. The Kier molecular flexibility index (Phi) is 10.8. The molecule has 0 bridgehead atoms. The molecule has 3 atom stereocenters. The van der Waals surface area contributed by atoms with Gasteiger partial charge in [-0.25, -0.2) is 0 Å². The number of hydrogen-bond acceptors (Lipinski definition) is 7. The largest absolute Gasteiger partial charge is 0.484 e. The SMILES string of the molecule is COCCCN1CC(C)(C)Oc2ccc(CO[C@@H]3CCC(CC(C)(C)C(=O)N[C@@H](C)C4CCOCC4)NC3)cc21. The number of fused-ring (bicyclic) bond motifs is 1. The van der Waals surface area contributed by atoms with E-state index in [1.807, 2.05) is 0 Å². The number of methoxy groups -OCH3 is 1. The van der Waals surface area contributed by atoms with Crippen molar-refractivity contribution in [3.05, 3.63) is 23.8 Å². The molecule has 3 aliphatic rings. The van der Waals surface area contributed by atoms with Crippen LogP contribution in [0.1, 0.15) is 78.7 Å². The highest BCUT2D eigenvalue weighted by Crippen LogP contribution is 2.38. The van der Waals surface area contributed by atoms with E-state index in [4.69, 9.17) is 18.9 Å². The highest BCUT2D eigenvalue weighted by atomic mass is 16.5. The zero-order chi connectivity index (χ0) is 28.8. The van der Waals surface area contributed by atoms with E-state index in [-0.39, 0.29) is 23.7 Å². The van der Waals surface area contributed by atoms with Gasteiger partial charge in [-0.05, 0) is 82.9 Å². The van der Waals surface area contributed by atoms with Crippen LogP contribution in [0.5, 0.6) is 5.75 Å². The third-order valence-corrected chi connectivity index (χ3v) is 8.76. The Balaban J connectivity index is 1.23. The monoisotopic (exact) mass is 559 g/mol. The normalized spacial score (nSPS) is 24.2. The first-order valence-electron chi connectivity index (χ1n) is 15.4. The summed E-state index contributed by atoms with van der Waals surface area (Å²) in [6.45, 7) is 16.1. The van der Waals surface area contributed by atoms with Crippen molar-refractivity contribution < 1.29 is 23.7 Å². The third kappa shape index (κ3) is 8.57. The molecule has 8 heteroatoms. The number of nitrogens with one attached hydrogen (secondary N) is 2. The fourth-order valence-corrected chi connectivity index (χ4v) is 6.32. The lowest BCUT2D eigenvalue weighted by molar-refractivity contribution is -0.131. The van der Waals surface area contributed by atoms with E-state index < -0.39 is 5.41 Å². The predicted molar refractivity (Wildman–Crippen MR) is 159 cm³/mol. The lowest BCUT2D eigenvalue weighted by Crippen LogP contribution is -2.50. The Morgan fingerprint density at radius 3 is 2.70 bits per heavy atom. The van der Waals surface area contributed by atoms with E-state index in [9.17, 15) is 4.79 Å². The van der Waals surface area contributed by atoms with Gasteiger partial charge in [-0.3, -0.25) is 4.79 Å². The summed E-state index contributed by atoms with van der Waals surface area (Å²) < 4.78 is 23.4. The molecule has 2 fully saturated rings. The van der Waals surface area contributed by atoms with Crippen molar-refractivity contribution in [2.45, 2.75) is 104 Å². The van der Waals surface area contributed by atoms with Gasteiger partial charge in [0.15, 0.2) is 0 Å². The standard InChI is InChI=1S/C32H53N3O5/c1-23(25-12-16-38-17-13-25)34-30(36)31(2,3)19-26-9-10-27(20-33-26)39-21-24-8-11-29-28(18-24)35(14-7-15-37-6)22-32(4,5)40-29/h8,11,18,23,25-27,33H,7,9-10,12-17,19-22H2,1-6H3,(H,34,36)/t23-,26?,27+/m0/s1. The van der Waals surface area contributed by atoms with Crippen LogP contribution in [0.15, 0.2) is 18.2 Å². The number of rotatable bonds is 12. The molecule has 0 aromatic heterocycles. The highest BCUT2D eigenvalue weighted by Gasteiger charge is 2.35. The number of amides is 1. The summed E-state index contributed by atoms with van der Waals surface area (Å²) in [6.07, 6.45) is 6.04. The van der Waals surface area contributed by atoms with Gasteiger partial charge in [0.05, 0.1) is 24.9 Å². The van der Waals surface area contributed by atoms with Gasteiger partial charge in [0.2, 0.25) is 5.91 Å². The minimum absolute atomic E-state index is 0.155. The van der Waals surface area contributed by atoms with E-state index in [0.29, 0.717) is 18.6 Å². The summed E-state index contributed by atoms with van der Waals surface area (Å²) >= 11 is 0. The van der Waals surface area contributed by atoms with Crippen LogP contribution in [0.4, 0.5) is 5.69 Å². The number of benzene rings is 1. The van der Waals surface area contributed by atoms with Gasteiger partial charge >= 0.3 is 0 Å². The number of nitrogens with zero attached hydrogens (tertiary/aromatic N) is 1. The topological polar surface area (TPSA) is 81.3 Å². The number of anilines is 1. The van der Waals surface area contributed by atoms with Gasteiger partial charge in [0.1, 0.15) is 11.4 Å². The first kappa shape index (κ1) is 31.1. The maximum Gasteiger partial charge on any atom is 0.225 e. The summed E-state index contributed by atoms with van der Waals surface area (Å²) in [5, 5.41) is 6.97. The highest BCUT2D eigenvalue weighted by molar-refractivity contribution is 5.82. The molecular weight excluding hydrogens is 506 g/mol. The van der Waals surface area contributed by atoms with Crippen LogP contribution in [-0.4, -0.2) is 76.3 Å². The van der Waals surface area contributed by atoms with Crippen molar-refractivity contribution in [2.75, 3.05) is 51.5 Å². The van der Waals surface area contributed by atoms with Gasteiger partial charge in [-0.2, -0.15) is 0 Å². The van der Waals surface area contributed by atoms with Crippen LogP contribution in [-0.2, 0) is 25.6 Å². The summed E-state index contributed by atoms with van der Waals surface area (Å²) in [4.78, 5) is 15.5. The summed E-state index contributed by atoms with van der Waals surface area (Å²) in [5.41, 5.74) is 1.67. The van der Waals surface area contributed by atoms with Crippen molar-refractivity contribution in [2.24, 2.45) is 11.3 Å².